The monoisotopic (exact) mass is 594 g/mol. The van der Waals surface area contributed by atoms with Crippen molar-refractivity contribution in [1.82, 2.24) is 14.8 Å². The third-order valence-electron chi connectivity index (χ3n) is 8.06. The number of carbonyl (C=O) groups excluding carboxylic acids is 2. The number of anilines is 4. The van der Waals surface area contributed by atoms with Gasteiger partial charge in [0.2, 0.25) is 5.91 Å². The molecule has 0 saturated carbocycles. The molecule has 0 bridgehead atoms. The van der Waals surface area contributed by atoms with Crippen LogP contribution < -0.4 is 19.9 Å². The summed E-state index contributed by atoms with van der Waals surface area (Å²) in [6.45, 7) is 4.40. The molecule has 2 amide bonds. The number of hydrogen-bond donors (Lipinski definition) is 1. The lowest BCUT2D eigenvalue weighted by Gasteiger charge is -2.39. The van der Waals surface area contributed by atoms with Crippen molar-refractivity contribution in [2.24, 2.45) is 5.11 Å². The number of amides is 2. The van der Waals surface area contributed by atoms with E-state index in [4.69, 9.17) is 15.3 Å². The molecule has 13 nitrogen and oxygen atoms in total. The van der Waals surface area contributed by atoms with Crippen LogP contribution in [-0.4, -0.2) is 85.6 Å². The molecule has 1 N–H and O–H groups in total. The van der Waals surface area contributed by atoms with Gasteiger partial charge in [-0.3, -0.25) is 14.5 Å². The van der Waals surface area contributed by atoms with Gasteiger partial charge in [0.05, 0.1) is 31.1 Å². The first kappa shape index (κ1) is 30.2. The summed E-state index contributed by atoms with van der Waals surface area (Å²) in [5.41, 5.74) is 11.5. The summed E-state index contributed by atoms with van der Waals surface area (Å²) in [5.74, 6) is 1.60. The molecule has 0 aliphatic carbocycles. The van der Waals surface area contributed by atoms with E-state index in [0.29, 0.717) is 61.4 Å². The van der Waals surface area contributed by atoms with Gasteiger partial charge in [-0.15, -0.1) is 0 Å². The van der Waals surface area contributed by atoms with Crippen LogP contribution in [0.2, 0.25) is 0 Å². The number of aromatic nitrogens is 1. The number of azide groups is 1. The second-order valence-electron chi connectivity index (χ2n) is 10.7. The SMILES string of the molecule is COc1cc(C(=O)N2CCN(C(C#N)CN=[N+]=[N-])CC2)ccc1Nc1ccc2c(n1)N(Cc1ccccc1)[C@H](C)C(=O)N2C. The number of fused-ring (bicyclic) bond motifs is 1. The van der Waals surface area contributed by atoms with Gasteiger partial charge in [0.25, 0.3) is 5.91 Å². The Kier molecular flexibility index (Phi) is 9.14. The molecule has 44 heavy (non-hydrogen) atoms. The van der Waals surface area contributed by atoms with Crippen molar-refractivity contribution in [2.45, 2.75) is 25.6 Å². The van der Waals surface area contributed by atoms with Crippen molar-refractivity contribution >= 4 is 34.8 Å². The summed E-state index contributed by atoms with van der Waals surface area (Å²) >= 11 is 0. The molecule has 2 aliphatic heterocycles. The normalized spacial score (nSPS) is 17.3. The topological polar surface area (TPSA) is 154 Å². The van der Waals surface area contributed by atoms with Crippen LogP contribution in [-0.2, 0) is 11.3 Å². The minimum absolute atomic E-state index is 0.00248. The fraction of sp³-hybridized carbons (Fsp3) is 0.355. The largest absolute Gasteiger partial charge is 0.495 e. The van der Waals surface area contributed by atoms with Gasteiger partial charge in [-0.25, -0.2) is 4.98 Å². The molecule has 5 rings (SSSR count). The minimum Gasteiger partial charge on any atom is -0.495 e. The van der Waals surface area contributed by atoms with Crippen LogP contribution in [0.5, 0.6) is 5.75 Å². The Labute approximate surface area is 255 Å². The third kappa shape index (κ3) is 6.22. The van der Waals surface area contributed by atoms with Crippen LogP contribution in [0.3, 0.4) is 0 Å². The Morgan fingerprint density at radius 3 is 2.61 bits per heavy atom. The highest BCUT2D eigenvalue weighted by Crippen LogP contribution is 2.37. The first-order valence-corrected chi connectivity index (χ1v) is 14.3. The van der Waals surface area contributed by atoms with E-state index in [9.17, 15) is 14.9 Å². The zero-order valence-corrected chi connectivity index (χ0v) is 24.9. The highest BCUT2D eigenvalue weighted by atomic mass is 16.5. The molecule has 1 unspecified atom stereocenters. The van der Waals surface area contributed by atoms with Crippen LogP contribution in [0.15, 0.2) is 65.8 Å². The van der Waals surface area contributed by atoms with E-state index in [0.717, 1.165) is 11.3 Å². The first-order chi connectivity index (χ1) is 21.3. The Morgan fingerprint density at radius 1 is 1.18 bits per heavy atom. The van der Waals surface area contributed by atoms with Crippen LogP contribution in [0.4, 0.5) is 23.0 Å². The summed E-state index contributed by atoms with van der Waals surface area (Å²) < 4.78 is 5.65. The number of benzene rings is 2. The Morgan fingerprint density at radius 2 is 1.93 bits per heavy atom. The zero-order chi connectivity index (χ0) is 31.2. The van der Waals surface area contributed by atoms with Crippen LogP contribution >= 0.6 is 0 Å². The van der Waals surface area contributed by atoms with Crippen LogP contribution in [0, 0.1) is 11.3 Å². The second-order valence-corrected chi connectivity index (χ2v) is 10.7. The number of rotatable bonds is 9. The third-order valence-corrected chi connectivity index (χ3v) is 8.06. The van der Waals surface area contributed by atoms with Crippen molar-refractivity contribution in [2.75, 3.05) is 62.0 Å². The number of methoxy groups -OCH3 is 1. The number of nitrogens with one attached hydrogen (secondary N) is 1. The summed E-state index contributed by atoms with van der Waals surface area (Å²) in [6.07, 6.45) is 0. The fourth-order valence-corrected chi connectivity index (χ4v) is 5.53. The predicted molar refractivity (Wildman–Crippen MR) is 167 cm³/mol. The average molecular weight is 595 g/mol. The van der Waals surface area contributed by atoms with E-state index >= 15 is 0 Å². The quantitative estimate of drug-likeness (QED) is 0.220. The van der Waals surface area contributed by atoms with Crippen LogP contribution in [0.1, 0.15) is 22.8 Å². The molecule has 1 saturated heterocycles. The maximum atomic E-state index is 13.3. The van der Waals surface area contributed by atoms with Gasteiger partial charge in [0.15, 0.2) is 5.82 Å². The van der Waals surface area contributed by atoms with E-state index < -0.39 is 12.1 Å². The molecular formula is C31H34N10O3. The second kappa shape index (κ2) is 13.3. The number of nitrogens with zero attached hydrogens (tertiary/aromatic N) is 9. The minimum atomic E-state index is -0.514. The van der Waals surface area contributed by atoms with Crippen molar-refractivity contribution < 1.29 is 14.3 Å². The summed E-state index contributed by atoms with van der Waals surface area (Å²) in [6, 6.07) is 20.1. The standard InChI is InChI=1S/C31H34N10O3/c1-21-30(42)38(2)26-11-12-28(36-29(26)41(21)20-22-7-5-4-6-8-22)35-25-10-9-23(17-27(25)44-3)31(43)40-15-13-39(14-16-40)24(18-32)19-34-37-33/h4-12,17,21,24H,13-16,19-20H2,1-3H3,(H,35,36)/t21-,24?/m1/s1. The number of carbonyl (C=O) groups is 2. The lowest BCUT2D eigenvalue weighted by molar-refractivity contribution is -0.119. The number of hydrogen-bond acceptors (Lipinski definition) is 9. The van der Waals surface area contributed by atoms with Gasteiger partial charge in [-0.1, -0.05) is 35.4 Å². The number of piperazine rings is 1. The number of nitriles is 1. The number of ether oxygens (including phenoxy) is 1. The molecule has 13 heteroatoms. The molecule has 0 radical (unpaired) electrons. The summed E-state index contributed by atoms with van der Waals surface area (Å²) in [5, 5.41) is 16.3. The lowest BCUT2D eigenvalue weighted by Crippen LogP contribution is -2.52. The molecule has 2 aliphatic rings. The first-order valence-electron chi connectivity index (χ1n) is 14.3. The summed E-state index contributed by atoms with van der Waals surface area (Å²) in [4.78, 5) is 41.3. The maximum absolute atomic E-state index is 13.3. The smallest absolute Gasteiger partial charge is 0.254 e. The van der Waals surface area contributed by atoms with E-state index in [1.165, 1.54) is 0 Å². The average Bonchev–Trinajstić information content (AvgIpc) is 3.06. The van der Waals surface area contributed by atoms with Gasteiger partial charge in [0.1, 0.15) is 23.7 Å². The van der Waals surface area contributed by atoms with Crippen molar-refractivity contribution in [3.05, 3.63) is 82.2 Å². The highest BCUT2D eigenvalue weighted by molar-refractivity contribution is 6.04. The van der Waals surface area contributed by atoms with Gasteiger partial charge in [-0.2, -0.15) is 5.26 Å². The molecule has 1 aromatic heterocycles. The molecule has 226 valence electrons. The van der Waals surface area contributed by atoms with E-state index in [-0.39, 0.29) is 18.4 Å². The van der Waals surface area contributed by atoms with Gasteiger partial charge in [0, 0.05) is 50.2 Å². The van der Waals surface area contributed by atoms with Crippen LogP contribution in [0.25, 0.3) is 10.4 Å². The van der Waals surface area contributed by atoms with E-state index in [1.54, 1.807) is 42.2 Å². The van der Waals surface area contributed by atoms with Crippen molar-refractivity contribution in [1.29, 1.82) is 5.26 Å². The Bertz CT molecular complexity index is 1610. The fourth-order valence-electron chi connectivity index (χ4n) is 5.53. The highest BCUT2D eigenvalue weighted by Gasteiger charge is 2.35. The Balaban J connectivity index is 1.32. The molecule has 3 heterocycles. The van der Waals surface area contributed by atoms with Crippen molar-refractivity contribution in [3.63, 3.8) is 0 Å². The molecule has 1 fully saturated rings. The number of pyridine rings is 1. The van der Waals surface area contributed by atoms with Gasteiger partial charge >= 0.3 is 0 Å². The van der Waals surface area contributed by atoms with Gasteiger partial charge in [-0.05, 0) is 48.4 Å². The zero-order valence-electron chi connectivity index (χ0n) is 24.9. The van der Waals surface area contributed by atoms with E-state index in [2.05, 4.69) is 21.4 Å². The van der Waals surface area contributed by atoms with Gasteiger partial charge < -0.3 is 24.8 Å². The number of likely N-dealkylation sites (N-methyl/N-ethyl adjacent to an activating group) is 1. The predicted octanol–water partition coefficient (Wildman–Crippen LogP) is 4.17. The molecule has 3 aromatic rings. The molecular weight excluding hydrogens is 560 g/mol. The molecule has 2 atom stereocenters. The lowest BCUT2D eigenvalue weighted by atomic mass is 10.1. The molecule has 0 spiro atoms. The molecule has 2 aromatic carbocycles. The van der Waals surface area contributed by atoms with E-state index in [1.807, 2.05) is 59.2 Å². The maximum Gasteiger partial charge on any atom is 0.254 e. The Hall–Kier alpha value is -5.31. The summed E-state index contributed by atoms with van der Waals surface area (Å²) in [7, 11) is 3.31. The van der Waals surface area contributed by atoms with Crippen molar-refractivity contribution in [3.8, 4) is 11.8 Å².